The third-order valence-corrected chi connectivity index (χ3v) is 4.23. The van der Waals surface area contributed by atoms with Crippen molar-refractivity contribution in [1.82, 2.24) is 10.2 Å². The Labute approximate surface area is 132 Å². The average molecular weight is 306 g/mol. The summed E-state index contributed by atoms with van der Waals surface area (Å²) in [7, 11) is 3.32. The first-order valence-electron chi connectivity index (χ1n) is 7.94. The van der Waals surface area contributed by atoms with Crippen LogP contribution >= 0.6 is 0 Å². The minimum absolute atomic E-state index is 0.112. The van der Waals surface area contributed by atoms with Gasteiger partial charge in [0.15, 0.2) is 0 Å². The summed E-state index contributed by atoms with van der Waals surface area (Å²) in [6.07, 6.45) is 5.04. The Kier molecular flexibility index (Phi) is 6.07. The molecule has 1 atom stereocenters. The van der Waals surface area contributed by atoms with Crippen molar-refractivity contribution in [3.8, 4) is 5.75 Å². The highest BCUT2D eigenvalue weighted by Crippen LogP contribution is 2.19. The fourth-order valence-corrected chi connectivity index (χ4v) is 2.81. The largest absolute Gasteiger partial charge is 0.497 e. The number of hydrogen-bond donors (Lipinski definition) is 2. The van der Waals surface area contributed by atoms with Crippen molar-refractivity contribution in [1.29, 1.82) is 0 Å². The number of aliphatic hydroxyl groups excluding tert-OH is 1. The van der Waals surface area contributed by atoms with Gasteiger partial charge in [-0.25, -0.2) is 4.79 Å². The van der Waals surface area contributed by atoms with Crippen LogP contribution in [0.25, 0.3) is 0 Å². The van der Waals surface area contributed by atoms with E-state index in [-0.39, 0.29) is 18.6 Å². The quantitative estimate of drug-likeness (QED) is 0.879. The fourth-order valence-electron chi connectivity index (χ4n) is 2.81. The second-order valence-electron chi connectivity index (χ2n) is 5.95. The summed E-state index contributed by atoms with van der Waals surface area (Å²) in [4.78, 5) is 13.7. The molecule has 0 heterocycles. The van der Waals surface area contributed by atoms with Gasteiger partial charge in [0.25, 0.3) is 0 Å². The summed E-state index contributed by atoms with van der Waals surface area (Å²) in [6, 6.07) is 7.41. The van der Waals surface area contributed by atoms with E-state index in [0.29, 0.717) is 0 Å². The van der Waals surface area contributed by atoms with Crippen LogP contribution < -0.4 is 10.1 Å². The van der Waals surface area contributed by atoms with Gasteiger partial charge in [0, 0.05) is 13.1 Å². The number of nitrogens with one attached hydrogen (secondary N) is 1. The molecule has 5 nitrogen and oxygen atoms in total. The maximum atomic E-state index is 12.2. The van der Waals surface area contributed by atoms with Crippen LogP contribution in [0.3, 0.4) is 0 Å². The van der Waals surface area contributed by atoms with Crippen LogP contribution in [-0.4, -0.2) is 42.8 Å². The smallest absolute Gasteiger partial charge is 0.317 e. The molecule has 1 saturated carbocycles. The Morgan fingerprint density at radius 3 is 2.55 bits per heavy atom. The number of carbonyl (C=O) groups is 1. The Bertz CT molecular complexity index is 469. The van der Waals surface area contributed by atoms with Gasteiger partial charge in [-0.2, -0.15) is 0 Å². The minimum Gasteiger partial charge on any atom is -0.497 e. The van der Waals surface area contributed by atoms with Crippen molar-refractivity contribution in [2.75, 3.05) is 20.7 Å². The van der Waals surface area contributed by atoms with E-state index < -0.39 is 6.10 Å². The van der Waals surface area contributed by atoms with Crippen LogP contribution in [0.2, 0.25) is 0 Å². The van der Waals surface area contributed by atoms with E-state index in [4.69, 9.17) is 4.74 Å². The summed E-state index contributed by atoms with van der Waals surface area (Å²) in [5, 5.41) is 13.3. The molecule has 122 valence electrons. The number of ether oxygens (including phenoxy) is 1. The fraction of sp³-hybridized carbons (Fsp3) is 0.588. The molecule has 1 aromatic rings. The zero-order valence-corrected chi connectivity index (χ0v) is 13.4. The molecular weight excluding hydrogens is 280 g/mol. The topological polar surface area (TPSA) is 61.8 Å². The lowest BCUT2D eigenvalue weighted by atomic mass is 9.96. The third-order valence-electron chi connectivity index (χ3n) is 4.23. The molecule has 1 aliphatic carbocycles. The molecule has 22 heavy (non-hydrogen) atoms. The van der Waals surface area contributed by atoms with E-state index in [1.807, 2.05) is 12.1 Å². The van der Waals surface area contributed by atoms with Crippen LogP contribution in [0.5, 0.6) is 5.75 Å². The SMILES string of the molecule is COc1ccc(C(O)CN(C)C(=O)NC2CCCCC2)cc1. The highest BCUT2D eigenvalue weighted by atomic mass is 16.5. The van der Waals surface area contributed by atoms with Crippen molar-refractivity contribution in [3.63, 3.8) is 0 Å². The highest BCUT2D eigenvalue weighted by Gasteiger charge is 2.20. The number of likely N-dealkylation sites (N-methyl/N-ethyl adjacent to an activating group) is 1. The number of methoxy groups -OCH3 is 1. The van der Waals surface area contributed by atoms with E-state index in [2.05, 4.69) is 5.32 Å². The van der Waals surface area contributed by atoms with Gasteiger partial charge >= 0.3 is 6.03 Å². The van der Waals surface area contributed by atoms with Crippen LogP contribution in [-0.2, 0) is 0 Å². The van der Waals surface area contributed by atoms with Crippen LogP contribution in [0.15, 0.2) is 24.3 Å². The molecule has 2 rings (SSSR count). The van der Waals surface area contributed by atoms with Crippen molar-refractivity contribution >= 4 is 6.03 Å². The molecule has 1 unspecified atom stereocenters. The van der Waals surface area contributed by atoms with E-state index in [0.717, 1.165) is 24.2 Å². The standard InChI is InChI=1S/C17H26N2O3/c1-19(17(21)18-14-6-4-3-5-7-14)12-16(20)13-8-10-15(22-2)11-9-13/h8-11,14,16,20H,3-7,12H2,1-2H3,(H,18,21). The van der Waals surface area contributed by atoms with Gasteiger partial charge in [-0.05, 0) is 30.5 Å². The predicted molar refractivity (Wildman–Crippen MR) is 86.0 cm³/mol. The summed E-state index contributed by atoms with van der Waals surface area (Å²) in [6.45, 7) is 0.269. The molecule has 0 aliphatic heterocycles. The third kappa shape index (κ3) is 4.63. The Hall–Kier alpha value is -1.75. The van der Waals surface area contributed by atoms with Gasteiger partial charge < -0.3 is 20.1 Å². The van der Waals surface area contributed by atoms with E-state index in [9.17, 15) is 9.90 Å². The molecular formula is C17H26N2O3. The molecule has 1 aromatic carbocycles. The maximum absolute atomic E-state index is 12.2. The molecule has 2 amide bonds. The number of nitrogens with zero attached hydrogens (tertiary/aromatic N) is 1. The maximum Gasteiger partial charge on any atom is 0.317 e. The summed E-state index contributed by atoms with van der Waals surface area (Å²) < 4.78 is 5.10. The minimum atomic E-state index is -0.701. The summed E-state index contributed by atoms with van der Waals surface area (Å²) in [5.74, 6) is 0.749. The second kappa shape index (κ2) is 8.03. The lowest BCUT2D eigenvalue weighted by Gasteiger charge is -2.27. The Balaban J connectivity index is 1.83. The van der Waals surface area contributed by atoms with Crippen molar-refractivity contribution < 1.29 is 14.6 Å². The first-order valence-corrected chi connectivity index (χ1v) is 7.94. The number of carbonyl (C=O) groups excluding carboxylic acids is 1. The monoisotopic (exact) mass is 306 g/mol. The van der Waals surface area contributed by atoms with E-state index >= 15 is 0 Å². The van der Waals surface area contributed by atoms with E-state index in [1.54, 1.807) is 31.2 Å². The van der Waals surface area contributed by atoms with Crippen molar-refractivity contribution in [3.05, 3.63) is 29.8 Å². The lowest BCUT2D eigenvalue weighted by molar-refractivity contribution is 0.129. The predicted octanol–water partition coefficient (Wildman–Crippen LogP) is 2.70. The zero-order valence-electron chi connectivity index (χ0n) is 13.4. The van der Waals surface area contributed by atoms with Crippen LogP contribution in [0.1, 0.15) is 43.8 Å². The molecule has 0 spiro atoms. The number of aliphatic hydroxyl groups is 1. The summed E-state index contributed by atoms with van der Waals surface area (Å²) in [5.41, 5.74) is 0.776. The average Bonchev–Trinajstić information content (AvgIpc) is 2.55. The molecule has 0 bridgehead atoms. The van der Waals surface area contributed by atoms with Gasteiger partial charge in [0.05, 0.1) is 19.8 Å². The molecule has 0 aromatic heterocycles. The summed E-state index contributed by atoms with van der Waals surface area (Å²) >= 11 is 0. The van der Waals surface area contributed by atoms with Crippen molar-refractivity contribution in [2.24, 2.45) is 0 Å². The zero-order chi connectivity index (χ0) is 15.9. The van der Waals surface area contributed by atoms with Gasteiger partial charge in [0.2, 0.25) is 0 Å². The highest BCUT2D eigenvalue weighted by molar-refractivity contribution is 5.74. The number of amides is 2. The molecule has 5 heteroatoms. The molecule has 1 aliphatic rings. The number of urea groups is 1. The van der Waals surface area contributed by atoms with Gasteiger partial charge in [-0.15, -0.1) is 0 Å². The van der Waals surface area contributed by atoms with Gasteiger partial charge in [-0.3, -0.25) is 0 Å². The van der Waals surface area contributed by atoms with Crippen molar-refractivity contribution in [2.45, 2.75) is 44.2 Å². The van der Waals surface area contributed by atoms with Crippen LogP contribution in [0, 0.1) is 0 Å². The molecule has 0 saturated heterocycles. The second-order valence-corrected chi connectivity index (χ2v) is 5.95. The van der Waals surface area contributed by atoms with Crippen LogP contribution in [0.4, 0.5) is 4.79 Å². The molecule has 2 N–H and O–H groups in total. The normalized spacial score (nSPS) is 16.9. The van der Waals surface area contributed by atoms with Gasteiger partial charge in [-0.1, -0.05) is 31.4 Å². The number of benzene rings is 1. The van der Waals surface area contributed by atoms with Gasteiger partial charge in [0.1, 0.15) is 5.75 Å². The first kappa shape index (κ1) is 16.6. The lowest BCUT2D eigenvalue weighted by Crippen LogP contribution is -2.45. The Morgan fingerprint density at radius 1 is 1.32 bits per heavy atom. The molecule has 0 radical (unpaired) electrons. The molecule has 1 fully saturated rings. The number of rotatable bonds is 5. The number of hydrogen-bond acceptors (Lipinski definition) is 3. The Morgan fingerprint density at radius 2 is 1.95 bits per heavy atom. The first-order chi connectivity index (χ1) is 10.6. The van der Waals surface area contributed by atoms with E-state index in [1.165, 1.54) is 19.3 Å².